The van der Waals surface area contributed by atoms with E-state index in [1.807, 2.05) is 30.3 Å². The Morgan fingerprint density at radius 3 is 2.11 bits per heavy atom. The van der Waals surface area contributed by atoms with E-state index < -0.39 is 10.1 Å². The molecule has 0 heterocycles. The number of benzene rings is 2. The third-order valence-electron chi connectivity index (χ3n) is 2.49. The van der Waals surface area contributed by atoms with Crippen molar-refractivity contribution in [2.24, 2.45) is 0 Å². The lowest BCUT2D eigenvalue weighted by molar-refractivity contribution is 0.483. The van der Waals surface area contributed by atoms with E-state index in [4.69, 9.17) is 4.55 Å². The van der Waals surface area contributed by atoms with Gasteiger partial charge in [0.15, 0.2) is 0 Å². The molecule has 0 radical (unpaired) electrons. The molecule has 0 bridgehead atoms. The molecule has 0 aliphatic carbocycles. The Morgan fingerprint density at radius 1 is 0.944 bits per heavy atom. The van der Waals surface area contributed by atoms with Crippen LogP contribution in [0.3, 0.4) is 0 Å². The van der Waals surface area contributed by atoms with E-state index in [0.717, 1.165) is 11.3 Å². The van der Waals surface area contributed by atoms with Gasteiger partial charge in [-0.2, -0.15) is 8.42 Å². The highest BCUT2D eigenvalue weighted by Crippen LogP contribution is 2.14. The van der Waals surface area contributed by atoms with Crippen LogP contribution >= 0.6 is 0 Å². The fourth-order valence-corrected chi connectivity index (χ4v) is 2.02. The minimum atomic E-state index is -4.11. The van der Waals surface area contributed by atoms with Gasteiger partial charge in [-0.05, 0) is 29.8 Å². The maximum absolute atomic E-state index is 10.9. The Labute approximate surface area is 106 Å². The van der Waals surface area contributed by atoms with E-state index in [-0.39, 0.29) is 4.90 Å². The lowest BCUT2D eigenvalue weighted by atomic mass is 10.2. The fourth-order valence-electron chi connectivity index (χ4n) is 1.54. The first-order chi connectivity index (χ1) is 8.55. The van der Waals surface area contributed by atoms with E-state index >= 15 is 0 Å². The molecule has 0 aliphatic heterocycles. The van der Waals surface area contributed by atoms with Crippen LogP contribution in [0.1, 0.15) is 5.56 Å². The van der Waals surface area contributed by atoms with Gasteiger partial charge >= 0.3 is 0 Å². The summed E-state index contributed by atoms with van der Waals surface area (Å²) < 4.78 is 30.6. The van der Waals surface area contributed by atoms with Crippen molar-refractivity contribution in [2.75, 3.05) is 5.32 Å². The smallest absolute Gasteiger partial charge is 0.294 e. The van der Waals surface area contributed by atoms with Crippen LogP contribution in [0.15, 0.2) is 59.5 Å². The molecule has 0 fully saturated rings. The van der Waals surface area contributed by atoms with Crippen molar-refractivity contribution in [3.63, 3.8) is 0 Å². The highest BCUT2D eigenvalue weighted by atomic mass is 32.2. The van der Waals surface area contributed by atoms with Crippen LogP contribution in [-0.2, 0) is 16.7 Å². The van der Waals surface area contributed by atoms with Crippen LogP contribution in [0.2, 0.25) is 0 Å². The van der Waals surface area contributed by atoms with E-state index in [2.05, 4.69) is 5.32 Å². The van der Waals surface area contributed by atoms with Crippen LogP contribution < -0.4 is 5.32 Å². The Hall–Kier alpha value is -1.85. The quantitative estimate of drug-likeness (QED) is 0.832. The van der Waals surface area contributed by atoms with Crippen molar-refractivity contribution in [3.8, 4) is 0 Å². The van der Waals surface area contributed by atoms with Gasteiger partial charge in [-0.1, -0.05) is 30.3 Å². The third-order valence-corrected chi connectivity index (χ3v) is 3.36. The number of hydrogen-bond donors (Lipinski definition) is 2. The second-order valence-electron chi connectivity index (χ2n) is 3.84. The van der Waals surface area contributed by atoms with Crippen LogP contribution in [-0.4, -0.2) is 13.0 Å². The average molecular weight is 263 g/mol. The SMILES string of the molecule is O=S(=O)(O)c1ccc(NCc2ccccc2)cc1. The van der Waals surface area contributed by atoms with Gasteiger partial charge in [0.2, 0.25) is 0 Å². The maximum atomic E-state index is 10.9. The molecule has 2 rings (SSSR count). The highest BCUT2D eigenvalue weighted by Gasteiger charge is 2.07. The fraction of sp³-hybridized carbons (Fsp3) is 0.0769. The summed E-state index contributed by atoms with van der Waals surface area (Å²) in [6.45, 7) is 0.659. The van der Waals surface area contributed by atoms with Gasteiger partial charge in [0.25, 0.3) is 10.1 Å². The predicted octanol–water partition coefficient (Wildman–Crippen LogP) is 2.55. The molecule has 0 amide bonds. The second kappa shape index (κ2) is 5.20. The molecule has 4 nitrogen and oxygen atoms in total. The molecule has 0 aliphatic rings. The average Bonchev–Trinajstić information content (AvgIpc) is 2.37. The topological polar surface area (TPSA) is 66.4 Å². The van der Waals surface area contributed by atoms with E-state index in [0.29, 0.717) is 6.54 Å². The molecular formula is C13H13NO3S. The summed E-state index contributed by atoms with van der Waals surface area (Å²) in [6, 6.07) is 15.8. The van der Waals surface area contributed by atoms with Crippen molar-refractivity contribution in [1.82, 2.24) is 0 Å². The van der Waals surface area contributed by atoms with Gasteiger partial charge in [-0.25, -0.2) is 0 Å². The summed E-state index contributed by atoms with van der Waals surface area (Å²) in [5, 5.41) is 3.16. The molecule has 0 unspecified atom stereocenters. The number of hydrogen-bond acceptors (Lipinski definition) is 3. The van der Waals surface area contributed by atoms with Gasteiger partial charge in [0.1, 0.15) is 0 Å². The summed E-state index contributed by atoms with van der Waals surface area (Å²) >= 11 is 0. The Kier molecular flexibility index (Phi) is 3.64. The first-order valence-corrected chi connectivity index (χ1v) is 6.85. The van der Waals surface area contributed by atoms with Crippen molar-refractivity contribution in [3.05, 3.63) is 60.2 Å². The molecule has 2 aromatic rings. The number of rotatable bonds is 4. The lowest BCUT2D eigenvalue weighted by Crippen LogP contribution is -2.01. The zero-order valence-corrected chi connectivity index (χ0v) is 10.4. The summed E-state index contributed by atoms with van der Waals surface area (Å²) in [7, 11) is -4.11. The zero-order valence-electron chi connectivity index (χ0n) is 9.58. The molecule has 0 saturated carbocycles. The summed E-state index contributed by atoms with van der Waals surface area (Å²) in [4.78, 5) is -0.104. The van der Waals surface area contributed by atoms with Crippen LogP contribution in [0.25, 0.3) is 0 Å². The molecule has 0 atom stereocenters. The van der Waals surface area contributed by atoms with Gasteiger partial charge in [0, 0.05) is 12.2 Å². The molecule has 2 aromatic carbocycles. The second-order valence-corrected chi connectivity index (χ2v) is 5.26. The molecule has 18 heavy (non-hydrogen) atoms. The normalized spacial score (nSPS) is 11.2. The van der Waals surface area contributed by atoms with Gasteiger partial charge < -0.3 is 5.32 Å². The summed E-state index contributed by atoms with van der Waals surface area (Å²) in [5.74, 6) is 0. The summed E-state index contributed by atoms with van der Waals surface area (Å²) in [6.07, 6.45) is 0. The van der Waals surface area contributed by atoms with Gasteiger partial charge in [-0.3, -0.25) is 4.55 Å². The Balaban J connectivity index is 2.03. The predicted molar refractivity (Wildman–Crippen MR) is 70.0 cm³/mol. The first-order valence-electron chi connectivity index (χ1n) is 5.41. The standard InChI is InChI=1S/C13H13NO3S/c15-18(16,17)13-8-6-12(7-9-13)14-10-11-4-2-1-3-5-11/h1-9,14H,10H2,(H,15,16,17). The molecule has 0 saturated heterocycles. The van der Waals surface area contributed by atoms with Crippen LogP contribution in [0.5, 0.6) is 0 Å². The highest BCUT2D eigenvalue weighted by molar-refractivity contribution is 7.85. The molecule has 2 N–H and O–H groups in total. The number of anilines is 1. The molecule has 5 heteroatoms. The minimum absolute atomic E-state index is 0.104. The first kappa shape index (κ1) is 12.6. The monoisotopic (exact) mass is 263 g/mol. The Morgan fingerprint density at radius 2 is 1.56 bits per heavy atom. The summed E-state index contributed by atoms with van der Waals surface area (Å²) in [5.41, 5.74) is 1.93. The number of nitrogens with one attached hydrogen (secondary N) is 1. The van der Waals surface area contributed by atoms with Crippen molar-refractivity contribution in [2.45, 2.75) is 11.4 Å². The molecular weight excluding hydrogens is 250 g/mol. The zero-order chi connectivity index (χ0) is 13.0. The van der Waals surface area contributed by atoms with Gasteiger partial charge in [-0.15, -0.1) is 0 Å². The van der Waals surface area contributed by atoms with Crippen LogP contribution in [0.4, 0.5) is 5.69 Å². The maximum Gasteiger partial charge on any atom is 0.294 e. The molecule has 94 valence electrons. The Bertz CT molecular complexity index is 606. The lowest BCUT2D eigenvalue weighted by Gasteiger charge is -2.06. The van der Waals surface area contributed by atoms with E-state index in [1.54, 1.807) is 12.1 Å². The van der Waals surface area contributed by atoms with Crippen molar-refractivity contribution in [1.29, 1.82) is 0 Å². The molecule has 0 aromatic heterocycles. The molecule has 0 spiro atoms. The van der Waals surface area contributed by atoms with Crippen molar-refractivity contribution < 1.29 is 13.0 Å². The van der Waals surface area contributed by atoms with E-state index in [1.165, 1.54) is 12.1 Å². The minimum Gasteiger partial charge on any atom is -0.381 e. The third kappa shape index (κ3) is 3.32. The van der Waals surface area contributed by atoms with Crippen LogP contribution in [0, 0.1) is 0 Å². The largest absolute Gasteiger partial charge is 0.381 e. The van der Waals surface area contributed by atoms with Crippen molar-refractivity contribution >= 4 is 15.8 Å². The van der Waals surface area contributed by atoms with Gasteiger partial charge in [0.05, 0.1) is 4.90 Å². The van der Waals surface area contributed by atoms with E-state index in [9.17, 15) is 8.42 Å².